The van der Waals surface area contributed by atoms with Gasteiger partial charge >= 0.3 is 6.18 Å². The molecule has 0 bridgehead atoms. The van der Waals surface area contributed by atoms with Crippen molar-refractivity contribution in [3.63, 3.8) is 0 Å². The SMILES string of the molecule is Cc1ccc(N2CC(CS(N)(=O)=O)CC2=O)cc1C(F)(F)F. The minimum atomic E-state index is -4.51. The van der Waals surface area contributed by atoms with Crippen LogP contribution in [0, 0.1) is 12.8 Å². The number of sulfonamides is 1. The van der Waals surface area contributed by atoms with Crippen LogP contribution in [0.1, 0.15) is 17.5 Å². The number of anilines is 1. The van der Waals surface area contributed by atoms with Crippen LogP contribution in [0.4, 0.5) is 18.9 Å². The van der Waals surface area contributed by atoms with Crippen LogP contribution < -0.4 is 10.0 Å². The number of amides is 1. The molecule has 0 aromatic heterocycles. The summed E-state index contributed by atoms with van der Waals surface area (Å²) < 4.78 is 60.9. The van der Waals surface area contributed by atoms with E-state index < -0.39 is 33.6 Å². The molecule has 122 valence electrons. The summed E-state index contributed by atoms with van der Waals surface area (Å²) in [6, 6.07) is 3.62. The van der Waals surface area contributed by atoms with Gasteiger partial charge in [-0.25, -0.2) is 13.6 Å². The van der Waals surface area contributed by atoms with Crippen molar-refractivity contribution >= 4 is 21.6 Å². The molecule has 1 aliphatic rings. The van der Waals surface area contributed by atoms with Gasteiger partial charge in [0.2, 0.25) is 15.9 Å². The number of aryl methyl sites for hydroxylation is 1. The Kier molecular flexibility index (Phi) is 4.22. The third-order valence-corrected chi connectivity index (χ3v) is 4.45. The number of nitrogens with two attached hydrogens (primary N) is 1. The van der Waals surface area contributed by atoms with Gasteiger partial charge in [-0.15, -0.1) is 0 Å². The molecule has 0 spiro atoms. The van der Waals surface area contributed by atoms with Gasteiger partial charge in [-0.2, -0.15) is 13.2 Å². The van der Waals surface area contributed by atoms with Crippen LogP contribution in [0.25, 0.3) is 0 Å². The molecular weight excluding hydrogens is 321 g/mol. The average Bonchev–Trinajstić information content (AvgIpc) is 2.66. The summed E-state index contributed by atoms with van der Waals surface area (Å²) in [5.74, 6) is -1.29. The van der Waals surface area contributed by atoms with Crippen LogP contribution in [0.15, 0.2) is 18.2 Å². The fourth-order valence-electron chi connectivity index (χ4n) is 2.55. The normalized spacial score (nSPS) is 19.8. The van der Waals surface area contributed by atoms with Crippen molar-refractivity contribution in [3.05, 3.63) is 29.3 Å². The van der Waals surface area contributed by atoms with Gasteiger partial charge in [0.25, 0.3) is 0 Å². The summed E-state index contributed by atoms with van der Waals surface area (Å²) in [5.41, 5.74) is -0.642. The molecule has 9 heteroatoms. The van der Waals surface area contributed by atoms with E-state index in [1.54, 1.807) is 0 Å². The Morgan fingerprint density at radius 1 is 1.36 bits per heavy atom. The molecule has 1 fully saturated rings. The number of alkyl halides is 3. The number of carbonyl (C=O) groups is 1. The number of halogens is 3. The van der Waals surface area contributed by atoms with Crippen LogP contribution in [-0.2, 0) is 21.0 Å². The maximum atomic E-state index is 12.9. The van der Waals surface area contributed by atoms with Gasteiger partial charge in [-0.1, -0.05) is 6.07 Å². The first-order valence-corrected chi connectivity index (χ1v) is 8.17. The molecule has 2 rings (SSSR count). The first-order valence-electron chi connectivity index (χ1n) is 6.46. The van der Waals surface area contributed by atoms with Crippen molar-refractivity contribution in [2.45, 2.75) is 19.5 Å². The van der Waals surface area contributed by atoms with Crippen molar-refractivity contribution in [3.8, 4) is 0 Å². The summed E-state index contributed by atoms with van der Waals surface area (Å²) in [6.07, 6.45) is -4.56. The fraction of sp³-hybridized carbons (Fsp3) is 0.462. The van der Waals surface area contributed by atoms with E-state index in [4.69, 9.17) is 5.14 Å². The summed E-state index contributed by atoms with van der Waals surface area (Å²) in [6.45, 7) is 1.37. The van der Waals surface area contributed by atoms with Crippen molar-refractivity contribution in [2.24, 2.45) is 11.1 Å². The van der Waals surface area contributed by atoms with Crippen molar-refractivity contribution in [1.82, 2.24) is 0 Å². The van der Waals surface area contributed by atoms with E-state index >= 15 is 0 Å². The van der Waals surface area contributed by atoms with Gasteiger partial charge in [0.05, 0.1) is 11.3 Å². The second-order valence-corrected chi connectivity index (χ2v) is 7.06. The number of rotatable bonds is 3. The van der Waals surface area contributed by atoms with Gasteiger partial charge in [0, 0.05) is 24.6 Å². The van der Waals surface area contributed by atoms with E-state index in [-0.39, 0.29) is 30.0 Å². The molecule has 0 saturated carbocycles. The number of hydrogen-bond acceptors (Lipinski definition) is 3. The Morgan fingerprint density at radius 3 is 2.55 bits per heavy atom. The zero-order valence-corrected chi connectivity index (χ0v) is 12.5. The van der Waals surface area contributed by atoms with Gasteiger partial charge in [0.15, 0.2) is 0 Å². The van der Waals surface area contributed by atoms with Crippen molar-refractivity contribution < 1.29 is 26.4 Å². The average molecular weight is 336 g/mol. The van der Waals surface area contributed by atoms with Crippen molar-refractivity contribution in [2.75, 3.05) is 17.2 Å². The Morgan fingerprint density at radius 2 is 2.00 bits per heavy atom. The lowest BCUT2D eigenvalue weighted by Crippen LogP contribution is -2.27. The van der Waals surface area contributed by atoms with E-state index in [2.05, 4.69) is 0 Å². The molecule has 1 saturated heterocycles. The van der Waals surface area contributed by atoms with E-state index in [0.717, 1.165) is 6.07 Å². The predicted octanol–water partition coefficient (Wildman–Crippen LogP) is 1.66. The topological polar surface area (TPSA) is 80.5 Å². The number of benzene rings is 1. The quantitative estimate of drug-likeness (QED) is 0.911. The first kappa shape index (κ1) is 16.8. The number of primary sulfonamides is 1. The molecule has 1 aromatic rings. The first-order chi connectivity index (χ1) is 9.97. The molecule has 1 atom stereocenters. The summed E-state index contributed by atoms with van der Waals surface area (Å²) >= 11 is 0. The van der Waals surface area contributed by atoms with E-state index in [1.807, 2.05) is 0 Å². The molecule has 1 unspecified atom stereocenters. The molecule has 1 aromatic carbocycles. The molecule has 1 heterocycles. The number of hydrogen-bond donors (Lipinski definition) is 1. The molecule has 0 radical (unpaired) electrons. The Hall–Kier alpha value is -1.61. The molecule has 1 aliphatic heterocycles. The smallest absolute Gasteiger partial charge is 0.312 e. The maximum absolute atomic E-state index is 12.9. The Labute approximate surface area is 125 Å². The largest absolute Gasteiger partial charge is 0.416 e. The molecular formula is C13H15F3N2O3S. The molecule has 5 nitrogen and oxygen atoms in total. The number of carbonyl (C=O) groups excluding carboxylic acids is 1. The summed E-state index contributed by atoms with van der Waals surface area (Å²) in [7, 11) is -3.73. The van der Waals surface area contributed by atoms with Gasteiger partial charge in [0.1, 0.15) is 0 Å². The third kappa shape index (κ3) is 3.77. The highest BCUT2D eigenvalue weighted by atomic mass is 32.2. The van der Waals surface area contributed by atoms with Crippen LogP contribution in [0.5, 0.6) is 0 Å². The van der Waals surface area contributed by atoms with Crippen LogP contribution in [0.2, 0.25) is 0 Å². The standard InChI is InChI=1S/C13H15F3N2O3S/c1-8-2-3-10(5-11(8)13(14,15)16)18-6-9(4-12(18)19)7-22(17,20)21/h2-3,5,9H,4,6-7H2,1H3,(H2,17,20,21). The molecule has 22 heavy (non-hydrogen) atoms. The summed E-state index contributed by atoms with van der Waals surface area (Å²) in [4.78, 5) is 13.1. The highest BCUT2D eigenvalue weighted by Gasteiger charge is 2.36. The zero-order valence-electron chi connectivity index (χ0n) is 11.7. The fourth-order valence-corrected chi connectivity index (χ4v) is 3.43. The monoisotopic (exact) mass is 336 g/mol. The molecule has 0 aliphatic carbocycles. The Balaban J connectivity index is 2.28. The maximum Gasteiger partial charge on any atom is 0.416 e. The van der Waals surface area contributed by atoms with Crippen LogP contribution in [0.3, 0.4) is 0 Å². The minimum absolute atomic E-state index is 0.0373. The summed E-state index contributed by atoms with van der Waals surface area (Å²) in [5, 5.41) is 4.94. The van der Waals surface area contributed by atoms with Gasteiger partial charge < -0.3 is 4.90 Å². The third-order valence-electron chi connectivity index (χ3n) is 3.51. The van der Waals surface area contributed by atoms with Crippen molar-refractivity contribution in [1.29, 1.82) is 0 Å². The lowest BCUT2D eigenvalue weighted by Gasteiger charge is -2.19. The van der Waals surface area contributed by atoms with E-state index in [0.29, 0.717) is 0 Å². The molecule has 1 amide bonds. The number of nitrogens with zero attached hydrogens (tertiary/aromatic N) is 1. The second kappa shape index (κ2) is 5.54. The minimum Gasteiger partial charge on any atom is -0.312 e. The Bertz CT molecular complexity index is 701. The highest BCUT2D eigenvalue weighted by molar-refractivity contribution is 7.89. The second-order valence-electron chi connectivity index (χ2n) is 5.40. The van der Waals surface area contributed by atoms with Crippen LogP contribution >= 0.6 is 0 Å². The zero-order chi connectivity index (χ0) is 16.7. The van der Waals surface area contributed by atoms with Gasteiger partial charge in [-0.3, -0.25) is 4.79 Å². The van der Waals surface area contributed by atoms with Crippen LogP contribution in [-0.4, -0.2) is 26.6 Å². The molecule has 2 N–H and O–H groups in total. The lowest BCUT2D eigenvalue weighted by atomic mass is 10.1. The van der Waals surface area contributed by atoms with Gasteiger partial charge in [-0.05, 0) is 24.6 Å². The highest BCUT2D eigenvalue weighted by Crippen LogP contribution is 2.35. The van der Waals surface area contributed by atoms with E-state index in [9.17, 15) is 26.4 Å². The predicted molar refractivity (Wildman–Crippen MR) is 74.6 cm³/mol. The lowest BCUT2D eigenvalue weighted by molar-refractivity contribution is -0.138. The van der Waals surface area contributed by atoms with E-state index in [1.165, 1.54) is 24.0 Å².